The zero-order valence-corrected chi connectivity index (χ0v) is 11.2. The van der Waals surface area contributed by atoms with Gasteiger partial charge >= 0.3 is 0 Å². The lowest BCUT2D eigenvalue weighted by molar-refractivity contribution is 0.281. The second-order valence-corrected chi connectivity index (χ2v) is 4.54. The lowest BCUT2D eigenvalue weighted by atomic mass is 10.1. The molecule has 0 spiro atoms. The Kier molecular flexibility index (Phi) is 4.27. The van der Waals surface area contributed by atoms with Crippen molar-refractivity contribution >= 4 is 0 Å². The van der Waals surface area contributed by atoms with Crippen LogP contribution in [0, 0.1) is 0 Å². The molecule has 3 rings (SSSR count). The minimum absolute atomic E-state index is 0.0492. The van der Waals surface area contributed by atoms with Gasteiger partial charge < -0.3 is 30.3 Å². The highest BCUT2D eigenvalue weighted by molar-refractivity contribution is 5.50. The van der Waals surface area contributed by atoms with Crippen LogP contribution in [0.2, 0.25) is 0 Å². The van der Waals surface area contributed by atoms with E-state index in [1.165, 1.54) is 30.3 Å². The van der Waals surface area contributed by atoms with Crippen LogP contribution >= 0.6 is 0 Å². The largest absolute Gasteiger partial charge is 0.508 e. The van der Waals surface area contributed by atoms with Crippen LogP contribution in [-0.4, -0.2) is 32.1 Å². The number of ether oxygens (including phenoxy) is 1. The van der Waals surface area contributed by atoms with Gasteiger partial charge in [0.05, 0.1) is 6.61 Å². The molecule has 1 heterocycles. The van der Waals surface area contributed by atoms with Crippen LogP contribution in [0.4, 0.5) is 0 Å². The summed E-state index contributed by atoms with van der Waals surface area (Å²) in [6.45, 7) is 0.663. The van der Waals surface area contributed by atoms with Crippen LogP contribution < -0.4 is 4.74 Å². The van der Waals surface area contributed by atoms with E-state index in [-0.39, 0.29) is 23.0 Å². The second-order valence-electron chi connectivity index (χ2n) is 4.54. The molecule has 6 nitrogen and oxygen atoms in total. The van der Waals surface area contributed by atoms with E-state index in [1.807, 2.05) is 0 Å². The number of phenols is 5. The molecule has 2 aromatic rings. The monoisotopic (exact) mass is 292 g/mol. The fourth-order valence-electron chi connectivity index (χ4n) is 1.95. The topological polar surface area (TPSA) is 110 Å². The average Bonchev–Trinajstić information content (AvgIpc) is 2.45. The lowest BCUT2D eigenvalue weighted by Crippen LogP contribution is -2.07. The van der Waals surface area contributed by atoms with Crippen molar-refractivity contribution in [2.75, 3.05) is 6.61 Å². The van der Waals surface area contributed by atoms with Crippen molar-refractivity contribution in [2.45, 2.75) is 12.8 Å². The fraction of sp³-hybridized carbons (Fsp3) is 0.200. The average molecular weight is 292 g/mol. The summed E-state index contributed by atoms with van der Waals surface area (Å²) in [6, 6.07) is 6.89. The van der Waals surface area contributed by atoms with Crippen molar-refractivity contribution in [3.8, 4) is 34.5 Å². The molecule has 0 bridgehead atoms. The van der Waals surface area contributed by atoms with Gasteiger partial charge in [0, 0.05) is 17.7 Å². The molecule has 0 saturated heterocycles. The number of hydrogen-bond acceptors (Lipinski definition) is 6. The highest BCUT2D eigenvalue weighted by Crippen LogP contribution is 2.35. The minimum Gasteiger partial charge on any atom is -0.508 e. The predicted octanol–water partition coefficient (Wildman–Crippen LogP) is 2.23. The Hall–Kier alpha value is -2.76. The number of phenolic OH excluding ortho intramolecular Hbond substituents is 5. The van der Waals surface area contributed by atoms with Gasteiger partial charge in [0.25, 0.3) is 0 Å². The van der Waals surface area contributed by atoms with Gasteiger partial charge in [0.1, 0.15) is 17.2 Å². The molecule has 0 atom stereocenters. The Balaban J connectivity index is 0.000000161. The lowest BCUT2D eigenvalue weighted by Gasteiger charge is -2.17. The molecule has 2 aromatic carbocycles. The van der Waals surface area contributed by atoms with E-state index in [0.717, 1.165) is 18.4 Å². The molecule has 0 aliphatic carbocycles. The Morgan fingerprint density at radius 3 is 2.14 bits per heavy atom. The first kappa shape index (κ1) is 14.6. The van der Waals surface area contributed by atoms with Gasteiger partial charge in [-0.2, -0.15) is 0 Å². The van der Waals surface area contributed by atoms with E-state index >= 15 is 0 Å². The van der Waals surface area contributed by atoms with E-state index < -0.39 is 5.75 Å². The Bertz CT molecular complexity index is 618. The summed E-state index contributed by atoms with van der Waals surface area (Å²) in [5, 5.41) is 44.6. The standard InChI is InChI=1S/C9H10O3.C6H6O3/c10-6-4-8(11)7-2-1-3-12-9(7)5-6;7-4-2-1-3-5(8)6(4)9/h4-5,10-11H,1-3H2;1-3,7-9H. The van der Waals surface area contributed by atoms with Crippen LogP contribution in [0.5, 0.6) is 34.5 Å². The maximum absolute atomic E-state index is 9.40. The first-order valence-electron chi connectivity index (χ1n) is 6.36. The van der Waals surface area contributed by atoms with Crippen molar-refractivity contribution in [1.82, 2.24) is 0 Å². The number of benzene rings is 2. The third-order valence-corrected chi connectivity index (χ3v) is 2.99. The molecule has 0 unspecified atom stereocenters. The SMILES string of the molecule is Oc1cc(O)c2c(c1)OCCC2.Oc1cccc(O)c1O. The van der Waals surface area contributed by atoms with Gasteiger partial charge in [-0.15, -0.1) is 0 Å². The van der Waals surface area contributed by atoms with E-state index in [4.69, 9.17) is 25.2 Å². The van der Waals surface area contributed by atoms with Gasteiger partial charge in [-0.3, -0.25) is 0 Å². The van der Waals surface area contributed by atoms with Crippen LogP contribution in [0.3, 0.4) is 0 Å². The number of fused-ring (bicyclic) bond motifs is 1. The molecule has 0 saturated carbocycles. The van der Waals surface area contributed by atoms with Crippen molar-refractivity contribution in [1.29, 1.82) is 0 Å². The first-order chi connectivity index (χ1) is 9.99. The number of aromatic hydroxyl groups is 5. The molecular formula is C15H16O6. The summed E-state index contributed by atoms with van der Waals surface area (Å²) in [4.78, 5) is 0. The summed E-state index contributed by atoms with van der Waals surface area (Å²) < 4.78 is 5.27. The Labute approximate surface area is 121 Å². The van der Waals surface area contributed by atoms with Gasteiger partial charge in [-0.1, -0.05) is 6.07 Å². The van der Waals surface area contributed by atoms with Crippen LogP contribution in [0.1, 0.15) is 12.0 Å². The van der Waals surface area contributed by atoms with Crippen LogP contribution in [0.15, 0.2) is 30.3 Å². The zero-order chi connectivity index (χ0) is 15.4. The van der Waals surface area contributed by atoms with E-state index in [1.54, 1.807) is 0 Å². The summed E-state index contributed by atoms with van der Waals surface area (Å²) in [7, 11) is 0. The third-order valence-electron chi connectivity index (χ3n) is 2.99. The Morgan fingerprint density at radius 1 is 0.857 bits per heavy atom. The molecule has 5 N–H and O–H groups in total. The highest BCUT2D eigenvalue weighted by atomic mass is 16.5. The molecule has 0 fully saturated rings. The molecular weight excluding hydrogens is 276 g/mol. The van der Waals surface area contributed by atoms with Gasteiger partial charge in [-0.05, 0) is 25.0 Å². The van der Waals surface area contributed by atoms with Gasteiger partial charge in [0.2, 0.25) is 0 Å². The minimum atomic E-state index is -0.475. The fourth-order valence-corrected chi connectivity index (χ4v) is 1.95. The smallest absolute Gasteiger partial charge is 0.200 e. The molecule has 1 aliphatic heterocycles. The van der Waals surface area contributed by atoms with Gasteiger partial charge in [-0.25, -0.2) is 0 Å². The summed E-state index contributed by atoms with van der Waals surface area (Å²) in [6.07, 6.45) is 1.74. The predicted molar refractivity (Wildman–Crippen MR) is 75.0 cm³/mol. The summed E-state index contributed by atoms with van der Waals surface area (Å²) in [5.74, 6) is -0.306. The quantitative estimate of drug-likeness (QED) is 0.476. The molecule has 6 heteroatoms. The van der Waals surface area contributed by atoms with Crippen molar-refractivity contribution in [2.24, 2.45) is 0 Å². The van der Waals surface area contributed by atoms with E-state index in [9.17, 15) is 5.11 Å². The summed E-state index contributed by atoms with van der Waals surface area (Å²) in [5.41, 5.74) is 0.805. The highest BCUT2D eigenvalue weighted by Gasteiger charge is 2.15. The maximum atomic E-state index is 9.40. The van der Waals surface area contributed by atoms with Gasteiger partial charge in [0.15, 0.2) is 17.2 Å². The number of hydrogen-bond donors (Lipinski definition) is 5. The second kappa shape index (κ2) is 6.13. The Morgan fingerprint density at radius 2 is 1.52 bits per heavy atom. The summed E-state index contributed by atoms with van der Waals surface area (Å²) >= 11 is 0. The molecule has 0 amide bonds. The van der Waals surface area contributed by atoms with E-state index in [2.05, 4.69) is 0 Å². The molecule has 112 valence electrons. The molecule has 21 heavy (non-hydrogen) atoms. The van der Waals surface area contributed by atoms with Crippen LogP contribution in [0.25, 0.3) is 0 Å². The van der Waals surface area contributed by atoms with Crippen molar-refractivity contribution in [3.63, 3.8) is 0 Å². The van der Waals surface area contributed by atoms with Crippen molar-refractivity contribution < 1.29 is 30.3 Å². The number of para-hydroxylation sites is 1. The molecule has 1 aliphatic rings. The normalized spacial score (nSPS) is 12.6. The first-order valence-corrected chi connectivity index (χ1v) is 6.36. The zero-order valence-electron chi connectivity index (χ0n) is 11.2. The van der Waals surface area contributed by atoms with E-state index in [0.29, 0.717) is 12.4 Å². The number of rotatable bonds is 0. The molecule has 0 radical (unpaired) electrons. The third kappa shape index (κ3) is 3.42. The van der Waals surface area contributed by atoms with Crippen LogP contribution in [-0.2, 0) is 6.42 Å². The maximum Gasteiger partial charge on any atom is 0.200 e. The van der Waals surface area contributed by atoms with Crippen molar-refractivity contribution in [3.05, 3.63) is 35.9 Å². The molecule has 0 aromatic heterocycles.